The molecule has 3 aromatic carbocycles. The van der Waals surface area contributed by atoms with Crippen LogP contribution in [0.3, 0.4) is 0 Å². The van der Waals surface area contributed by atoms with Gasteiger partial charge in [-0.25, -0.2) is 9.18 Å². The second-order valence-corrected chi connectivity index (χ2v) is 7.66. The first-order valence-electron chi connectivity index (χ1n) is 10.3. The summed E-state index contributed by atoms with van der Waals surface area (Å²) in [7, 11) is 0. The zero-order chi connectivity index (χ0) is 21.2. The number of aromatic nitrogens is 1. The largest absolute Gasteiger partial charge is 0.334 e. The fraction of sp³-hybridized carbons (Fsp3) is 0.115. The minimum absolute atomic E-state index is 0.164. The van der Waals surface area contributed by atoms with Crippen molar-refractivity contribution in [2.75, 3.05) is 0 Å². The van der Waals surface area contributed by atoms with Crippen LogP contribution in [-0.4, -0.2) is 15.5 Å². The van der Waals surface area contributed by atoms with Gasteiger partial charge in [0.2, 0.25) is 0 Å². The minimum Gasteiger partial charge on any atom is -0.334 e. The Morgan fingerprint density at radius 3 is 2.45 bits per heavy atom. The Labute approximate surface area is 180 Å². The van der Waals surface area contributed by atoms with E-state index in [9.17, 15) is 9.18 Å². The quantitative estimate of drug-likeness (QED) is 0.479. The van der Waals surface area contributed by atoms with Crippen LogP contribution in [0.1, 0.15) is 28.4 Å². The van der Waals surface area contributed by atoms with E-state index in [1.165, 1.54) is 12.1 Å². The molecule has 2 amide bonds. The maximum absolute atomic E-state index is 13.4. The standard InChI is InChI=1S/C26H22FN3O/c27-22-14-12-19(13-15-22)17-28-26(31)30-18-21-9-4-5-10-23(21)29-16-6-11-24(29)25(30)20-7-2-1-3-8-20/h1-16,25H,17-18H2,(H,28,31). The summed E-state index contributed by atoms with van der Waals surface area (Å²) in [5, 5.41) is 3.02. The van der Waals surface area contributed by atoms with Crippen LogP contribution in [-0.2, 0) is 13.1 Å². The summed E-state index contributed by atoms with van der Waals surface area (Å²) in [5.74, 6) is -0.288. The molecule has 0 fully saturated rings. The molecule has 31 heavy (non-hydrogen) atoms. The van der Waals surface area contributed by atoms with Crippen molar-refractivity contribution in [3.63, 3.8) is 0 Å². The van der Waals surface area contributed by atoms with Crippen molar-refractivity contribution in [1.29, 1.82) is 0 Å². The predicted molar refractivity (Wildman–Crippen MR) is 118 cm³/mol. The maximum Gasteiger partial charge on any atom is 0.318 e. The number of rotatable bonds is 3. The van der Waals surface area contributed by atoms with Crippen molar-refractivity contribution < 1.29 is 9.18 Å². The molecule has 0 radical (unpaired) electrons. The maximum atomic E-state index is 13.4. The molecule has 5 heteroatoms. The van der Waals surface area contributed by atoms with Gasteiger partial charge in [-0.2, -0.15) is 0 Å². The Morgan fingerprint density at radius 1 is 0.903 bits per heavy atom. The molecular formula is C26H22FN3O. The van der Waals surface area contributed by atoms with E-state index >= 15 is 0 Å². The molecule has 1 unspecified atom stereocenters. The van der Waals surface area contributed by atoms with Crippen molar-refractivity contribution in [3.05, 3.63) is 125 Å². The van der Waals surface area contributed by atoms with Gasteiger partial charge >= 0.3 is 6.03 Å². The topological polar surface area (TPSA) is 37.3 Å². The second kappa shape index (κ2) is 8.11. The Kier molecular flexibility index (Phi) is 5.00. The number of para-hydroxylation sites is 1. The first-order valence-corrected chi connectivity index (χ1v) is 10.3. The van der Waals surface area contributed by atoms with E-state index in [-0.39, 0.29) is 17.9 Å². The predicted octanol–water partition coefficient (Wildman–Crippen LogP) is 5.43. The highest BCUT2D eigenvalue weighted by Crippen LogP contribution is 2.36. The highest BCUT2D eigenvalue weighted by Gasteiger charge is 2.32. The van der Waals surface area contributed by atoms with Crippen molar-refractivity contribution in [1.82, 2.24) is 14.8 Å². The lowest BCUT2D eigenvalue weighted by atomic mass is 10.0. The van der Waals surface area contributed by atoms with Crippen molar-refractivity contribution in [2.45, 2.75) is 19.1 Å². The summed E-state index contributed by atoms with van der Waals surface area (Å²) in [4.78, 5) is 15.3. The van der Waals surface area contributed by atoms with Crippen molar-refractivity contribution in [3.8, 4) is 5.69 Å². The molecule has 1 aliphatic heterocycles. The van der Waals surface area contributed by atoms with E-state index < -0.39 is 0 Å². The van der Waals surface area contributed by atoms with Crippen molar-refractivity contribution in [2.24, 2.45) is 0 Å². The van der Waals surface area contributed by atoms with Crippen LogP contribution in [0.2, 0.25) is 0 Å². The molecule has 154 valence electrons. The smallest absolute Gasteiger partial charge is 0.318 e. The zero-order valence-electron chi connectivity index (χ0n) is 16.9. The van der Waals surface area contributed by atoms with Crippen LogP contribution in [0.4, 0.5) is 9.18 Å². The molecule has 4 aromatic rings. The fourth-order valence-corrected chi connectivity index (χ4v) is 4.21. The number of carbonyl (C=O) groups is 1. The summed E-state index contributed by atoms with van der Waals surface area (Å²) in [6.45, 7) is 0.812. The van der Waals surface area contributed by atoms with E-state index in [1.807, 2.05) is 47.5 Å². The fourth-order valence-electron chi connectivity index (χ4n) is 4.21. The third-order valence-corrected chi connectivity index (χ3v) is 5.70. The lowest BCUT2D eigenvalue weighted by Crippen LogP contribution is -2.41. The van der Waals surface area contributed by atoms with Crippen LogP contribution in [0.15, 0.2) is 97.2 Å². The highest BCUT2D eigenvalue weighted by atomic mass is 19.1. The number of hydrogen-bond donors (Lipinski definition) is 1. The van der Waals surface area contributed by atoms with Crippen LogP contribution >= 0.6 is 0 Å². The lowest BCUT2D eigenvalue weighted by molar-refractivity contribution is 0.180. The number of fused-ring (bicyclic) bond motifs is 3. The zero-order valence-corrected chi connectivity index (χ0v) is 16.9. The number of halogens is 1. The van der Waals surface area contributed by atoms with Gasteiger partial charge in [-0.3, -0.25) is 0 Å². The molecular weight excluding hydrogens is 389 g/mol. The monoisotopic (exact) mass is 411 g/mol. The van der Waals surface area contributed by atoms with Gasteiger partial charge in [0, 0.05) is 18.4 Å². The number of nitrogens with zero attached hydrogens (tertiary/aromatic N) is 2. The van der Waals surface area contributed by atoms with Gasteiger partial charge in [-0.15, -0.1) is 0 Å². The van der Waals surface area contributed by atoms with E-state index in [4.69, 9.17) is 0 Å². The molecule has 0 saturated heterocycles. The van der Waals surface area contributed by atoms with Gasteiger partial charge in [0.15, 0.2) is 0 Å². The summed E-state index contributed by atoms with van der Waals surface area (Å²) < 4.78 is 15.4. The number of carbonyl (C=O) groups excluding carboxylic acids is 1. The summed E-state index contributed by atoms with van der Waals surface area (Å²) in [6.07, 6.45) is 2.05. The number of urea groups is 1. The number of nitrogens with one attached hydrogen (secondary N) is 1. The average Bonchev–Trinajstić information content (AvgIpc) is 3.23. The molecule has 1 aliphatic rings. The molecule has 1 aromatic heterocycles. The Bertz CT molecular complexity index is 1200. The molecule has 0 aliphatic carbocycles. The SMILES string of the molecule is O=C(NCc1ccc(F)cc1)N1Cc2ccccc2-n2cccc2C1c1ccccc1. The summed E-state index contributed by atoms with van der Waals surface area (Å²) in [6, 6.07) is 28.1. The van der Waals surface area contributed by atoms with Crippen LogP contribution in [0.25, 0.3) is 5.69 Å². The number of amides is 2. The van der Waals surface area contributed by atoms with E-state index in [0.29, 0.717) is 13.1 Å². The van der Waals surface area contributed by atoms with Gasteiger partial charge in [0.1, 0.15) is 5.82 Å². The summed E-state index contributed by atoms with van der Waals surface area (Å²) >= 11 is 0. The van der Waals surface area contributed by atoms with Crippen LogP contribution in [0.5, 0.6) is 0 Å². The number of benzene rings is 3. The molecule has 5 rings (SSSR count). The molecule has 1 atom stereocenters. The Hall–Kier alpha value is -3.86. The third kappa shape index (κ3) is 3.70. The summed E-state index contributed by atoms with van der Waals surface area (Å²) in [5.41, 5.74) is 5.09. The average molecular weight is 411 g/mol. The Morgan fingerprint density at radius 2 is 1.65 bits per heavy atom. The Balaban J connectivity index is 1.53. The third-order valence-electron chi connectivity index (χ3n) is 5.70. The molecule has 0 spiro atoms. The normalized spacial score (nSPS) is 15.0. The van der Waals surface area contributed by atoms with E-state index in [0.717, 1.165) is 28.1 Å². The van der Waals surface area contributed by atoms with E-state index in [1.54, 1.807) is 12.1 Å². The minimum atomic E-state index is -0.288. The molecule has 4 nitrogen and oxygen atoms in total. The van der Waals surface area contributed by atoms with E-state index in [2.05, 4.69) is 40.2 Å². The van der Waals surface area contributed by atoms with Gasteiger partial charge < -0.3 is 14.8 Å². The van der Waals surface area contributed by atoms with Gasteiger partial charge in [0.25, 0.3) is 0 Å². The first kappa shape index (κ1) is 19.1. The van der Waals surface area contributed by atoms with Gasteiger partial charge in [-0.1, -0.05) is 60.7 Å². The van der Waals surface area contributed by atoms with Gasteiger partial charge in [-0.05, 0) is 47.0 Å². The van der Waals surface area contributed by atoms with Gasteiger partial charge in [0.05, 0.1) is 18.3 Å². The van der Waals surface area contributed by atoms with Crippen LogP contribution < -0.4 is 5.32 Å². The highest BCUT2D eigenvalue weighted by molar-refractivity contribution is 5.76. The second-order valence-electron chi connectivity index (χ2n) is 7.66. The lowest BCUT2D eigenvalue weighted by Gasteiger charge is -2.31. The number of hydrogen-bond acceptors (Lipinski definition) is 1. The molecule has 0 saturated carbocycles. The first-order chi connectivity index (χ1) is 15.2. The molecule has 0 bridgehead atoms. The molecule has 1 N–H and O–H groups in total. The molecule has 2 heterocycles. The van der Waals surface area contributed by atoms with Crippen LogP contribution in [0, 0.1) is 5.82 Å². The van der Waals surface area contributed by atoms with Crippen molar-refractivity contribution >= 4 is 6.03 Å².